The Morgan fingerprint density at radius 3 is 2.71 bits per heavy atom. The van der Waals surface area contributed by atoms with E-state index in [1.54, 1.807) is 24.3 Å². The van der Waals surface area contributed by atoms with Gasteiger partial charge >= 0.3 is 0 Å². The number of rotatable bonds is 6. The van der Waals surface area contributed by atoms with Crippen LogP contribution >= 0.6 is 23.2 Å². The number of hydrogen-bond donors (Lipinski definition) is 1. The van der Waals surface area contributed by atoms with Crippen molar-refractivity contribution in [3.05, 3.63) is 63.4 Å². The van der Waals surface area contributed by atoms with Crippen molar-refractivity contribution in [3.8, 4) is 5.75 Å². The monoisotopic (exact) mass is 327 g/mol. The van der Waals surface area contributed by atoms with Crippen molar-refractivity contribution in [2.24, 2.45) is 0 Å². The first kappa shape index (κ1) is 16.1. The molecule has 0 atom stereocenters. The molecule has 0 spiro atoms. The van der Waals surface area contributed by atoms with Crippen LogP contribution in [0.3, 0.4) is 0 Å². The van der Waals surface area contributed by atoms with Gasteiger partial charge in [-0.2, -0.15) is 0 Å². The van der Waals surface area contributed by atoms with Crippen LogP contribution in [-0.2, 0) is 13.2 Å². The van der Waals surface area contributed by atoms with Gasteiger partial charge in [0.15, 0.2) is 0 Å². The molecular weight excluding hydrogens is 312 g/mol. The van der Waals surface area contributed by atoms with Crippen LogP contribution in [0.1, 0.15) is 18.1 Å². The van der Waals surface area contributed by atoms with E-state index in [1.807, 2.05) is 13.0 Å². The molecule has 2 aromatic rings. The van der Waals surface area contributed by atoms with E-state index in [4.69, 9.17) is 27.9 Å². The van der Waals surface area contributed by atoms with Crippen LogP contribution in [0.5, 0.6) is 5.75 Å². The highest BCUT2D eigenvalue weighted by atomic mass is 35.5. The standard InChI is InChI=1S/C16H16Cl2FNO/c1-2-20-9-11-8-12(17)6-7-16(11)21-10-13-14(18)4-3-5-15(13)19/h3-8,20H,2,9-10H2,1H3. The Balaban J connectivity index is 2.16. The van der Waals surface area contributed by atoms with Crippen molar-refractivity contribution >= 4 is 23.2 Å². The van der Waals surface area contributed by atoms with Crippen molar-refractivity contribution in [2.75, 3.05) is 6.54 Å². The van der Waals surface area contributed by atoms with Crippen LogP contribution < -0.4 is 10.1 Å². The molecule has 0 aliphatic rings. The molecule has 21 heavy (non-hydrogen) atoms. The molecule has 0 aliphatic heterocycles. The van der Waals surface area contributed by atoms with Crippen molar-refractivity contribution in [3.63, 3.8) is 0 Å². The minimum Gasteiger partial charge on any atom is -0.488 e. The smallest absolute Gasteiger partial charge is 0.131 e. The molecule has 5 heteroatoms. The van der Waals surface area contributed by atoms with Gasteiger partial charge in [0, 0.05) is 22.7 Å². The van der Waals surface area contributed by atoms with E-state index in [-0.39, 0.29) is 12.4 Å². The van der Waals surface area contributed by atoms with E-state index in [0.29, 0.717) is 27.9 Å². The fourth-order valence-corrected chi connectivity index (χ4v) is 2.32. The van der Waals surface area contributed by atoms with Gasteiger partial charge in [-0.3, -0.25) is 0 Å². The molecule has 0 unspecified atom stereocenters. The number of benzene rings is 2. The van der Waals surface area contributed by atoms with E-state index in [0.717, 1.165) is 12.1 Å². The van der Waals surface area contributed by atoms with Gasteiger partial charge in [0.05, 0.1) is 5.02 Å². The van der Waals surface area contributed by atoms with Crippen LogP contribution in [0.4, 0.5) is 4.39 Å². The molecule has 0 heterocycles. The third kappa shape index (κ3) is 4.34. The summed E-state index contributed by atoms with van der Waals surface area (Å²) in [6, 6.07) is 9.94. The highest BCUT2D eigenvalue weighted by Crippen LogP contribution is 2.26. The SMILES string of the molecule is CCNCc1cc(Cl)ccc1OCc1c(F)cccc1Cl. The summed E-state index contributed by atoms with van der Waals surface area (Å²) >= 11 is 12.0. The lowest BCUT2D eigenvalue weighted by Gasteiger charge is -2.13. The molecule has 0 bridgehead atoms. The molecule has 112 valence electrons. The quantitative estimate of drug-likeness (QED) is 0.821. The van der Waals surface area contributed by atoms with Gasteiger partial charge in [0.25, 0.3) is 0 Å². The maximum absolute atomic E-state index is 13.7. The van der Waals surface area contributed by atoms with Gasteiger partial charge in [0.1, 0.15) is 18.2 Å². The largest absolute Gasteiger partial charge is 0.488 e. The number of nitrogens with one attached hydrogen (secondary N) is 1. The summed E-state index contributed by atoms with van der Waals surface area (Å²) in [4.78, 5) is 0. The highest BCUT2D eigenvalue weighted by molar-refractivity contribution is 6.31. The van der Waals surface area contributed by atoms with E-state index >= 15 is 0 Å². The summed E-state index contributed by atoms with van der Waals surface area (Å²) in [7, 11) is 0. The van der Waals surface area contributed by atoms with Gasteiger partial charge in [-0.1, -0.05) is 36.2 Å². The van der Waals surface area contributed by atoms with Crippen molar-refractivity contribution in [1.82, 2.24) is 5.32 Å². The average molecular weight is 328 g/mol. The second kappa shape index (κ2) is 7.64. The lowest BCUT2D eigenvalue weighted by molar-refractivity contribution is 0.296. The Labute approximate surface area is 133 Å². The van der Waals surface area contributed by atoms with Gasteiger partial charge in [0.2, 0.25) is 0 Å². The number of ether oxygens (including phenoxy) is 1. The third-order valence-electron chi connectivity index (χ3n) is 3.02. The highest BCUT2D eigenvalue weighted by Gasteiger charge is 2.10. The van der Waals surface area contributed by atoms with Crippen molar-refractivity contribution in [2.45, 2.75) is 20.1 Å². The summed E-state index contributed by atoms with van der Waals surface area (Å²) in [5.74, 6) is 0.296. The molecule has 0 saturated heterocycles. The summed E-state index contributed by atoms with van der Waals surface area (Å²) < 4.78 is 19.4. The molecule has 2 nitrogen and oxygen atoms in total. The van der Waals surface area contributed by atoms with E-state index < -0.39 is 0 Å². The second-order valence-corrected chi connectivity index (χ2v) is 5.36. The molecule has 0 amide bonds. The normalized spacial score (nSPS) is 10.7. The molecule has 0 saturated carbocycles. The minimum absolute atomic E-state index is 0.0757. The number of hydrogen-bond acceptors (Lipinski definition) is 2. The first-order valence-electron chi connectivity index (χ1n) is 6.66. The van der Waals surface area contributed by atoms with Crippen LogP contribution in [0.15, 0.2) is 36.4 Å². The number of halogens is 3. The zero-order valence-corrected chi connectivity index (χ0v) is 13.1. The van der Waals surface area contributed by atoms with Gasteiger partial charge < -0.3 is 10.1 Å². The molecule has 2 rings (SSSR count). The summed E-state index contributed by atoms with van der Waals surface area (Å²) in [5, 5.41) is 4.21. The van der Waals surface area contributed by atoms with E-state index in [1.165, 1.54) is 6.07 Å². The van der Waals surface area contributed by atoms with Crippen LogP contribution in [0.2, 0.25) is 10.0 Å². The molecule has 2 aromatic carbocycles. The molecule has 1 N–H and O–H groups in total. The van der Waals surface area contributed by atoms with Crippen molar-refractivity contribution < 1.29 is 9.13 Å². The van der Waals surface area contributed by atoms with Gasteiger partial charge in [-0.25, -0.2) is 4.39 Å². The molecule has 0 aliphatic carbocycles. The Bertz CT molecular complexity index is 599. The Morgan fingerprint density at radius 2 is 2.00 bits per heavy atom. The maximum atomic E-state index is 13.7. The molecule has 0 fully saturated rings. The second-order valence-electron chi connectivity index (χ2n) is 4.52. The molecular formula is C16H16Cl2FNO. The fraction of sp³-hybridized carbons (Fsp3) is 0.250. The third-order valence-corrected chi connectivity index (χ3v) is 3.61. The topological polar surface area (TPSA) is 21.3 Å². The summed E-state index contributed by atoms with van der Waals surface area (Å²) in [6.45, 7) is 3.57. The maximum Gasteiger partial charge on any atom is 0.131 e. The summed E-state index contributed by atoms with van der Waals surface area (Å²) in [5.41, 5.74) is 1.28. The summed E-state index contributed by atoms with van der Waals surface area (Å²) in [6.07, 6.45) is 0. The zero-order valence-electron chi connectivity index (χ0n) is 11.6. The van der Waals surface area contributed by atoms with Crippen LogP contribution in [0, 0.1) is 5.82 Å². The first-order chi connectivity index (χ1) is 10.1. The molecule has 0 aromatic heterocycles. The van der Waals surface area contributed by atoms with Gasteiger partial charge in [-0.15, -0.1) is 0 Å². The Hall–Kier alpha value is -1.29. The first-order valence-corrected chi connectivity index (χ1v) is 7.42. The van der Waals surface area contributed by atoms with Crippen LogP contribution in [0.25, 0.3) is 0 Å². The predicted molar refractivity (Wildman–Crippen MR) is 84.6 cm³/mol. The van der Waals surface area contributed by atoms with E-state index in [9.17, 15) is 4.39 Å². The fourth-order valence-electron chi connectivity index (χ4n) is 1.91. The lowest BCUT2D eigenvalue weighted by Crippen LogP contribution is -2.13. The minimum atomic E-state index is -0.371. The van der Waals surface area contributed by atoms with Crippen LogP contribution in [-0.4, -0.2) is 6.54 Å². The Kier molecular flexibility index (Phi) is 5.85. The lowest BCUT2D eigenvalue weighted by atomic mass is 10.2. The average Bonchev–Trinajstić information content (AvgIpc) is 2.46. The van der Waals surface area contributed by atoms with E-state index in [2.05, 4.69) is 5.32 Å². The van der Waals surface area contributed by atoms with Crippen molar-refractivity contribution in [1.29, 1.82) is 0 Å². The zero-order chi connectivity index (χ0) is 15.2. The predicted octanol–water partition coefficient (Wildman–Crippen LogP) is 4.82. The van der Waals surface area contributed by atoms with Gasteiger partial charge in [-0.05, 0) is 36.9 Å². The molecule has 0 radical (unpaired) electrons. The Morgan fingerprint density at radius 1 is 1.19 bits per heavy atom.